The van der Waals surface area contributed by atoms with E-state index in [9.17, 15) is 19.5 Å². The highest BCUT2D eigenvalue weighted by Gasteiger charge is 2.42. The van der Waals surface area contributed by atoms with Gasteiger partial charge < -0.3 is 20.1 Å². The molecule has 1 aromatic carbocycles. The van der Waals surface area contributed by atoms with E-state index in [1.54, 1.807) is 13.0 Å². The minimum atomic E-state index is -0.886. The highest BCUT2D eigenvalue weighted by Crippen LogP contribution is 2.30. The summed E-state index contributed by atoms with van der Waals surface area (Å²) in [6.07, 6.45) is 0.762. The zero-order chi connectivity index (χ0) is 18.4. The van der Waals surface area contributed by atoms with Crippen molar-refractivity contribution in [2.75, 3.05) is 31.3 Å². The Morgan fingerprint density at radius 3 is 2.80 bits per heavy atom. The number of nitrogens with zero attached hydrogens (tertiary/aromatic N) is 1. The number of rotatable bonds is 6. The number of anilines is 1. The molecule has 2 rings (SSSR count). The highest BCUT2D eigenvalue weighted by atomic mass is 32.2. The number of hydrogen-bond acceptors (Lipinski definition) is 5. The van der Waals surface area contributed by atoms with Gasteiger partial charge in [-0.15, -0.1) is 11.8 Å². The fraction of sp³-hybridized carbons (Fsp3) is 0.471. The van der Waals surface area contributed by atoms with Crippen molar-refractivity contribution in [1.29, 1.82) is 0 Å². The van der Waals surface area contributed by atoms with Crippen molar-refractivity contribution < 1.29 is 24.2 Å². The number of benzene rings is 1. The van der Waals surface area contributed by atoms with E-state index in [1.807, 2.05) is 18.2 Å². The molecule has 0 bridgehead atoms. The Hall–Kier alpha value is -2.22. The third-order valence-electron chi connectivity index (χ3n) is 4.16. The van der Waals surface area contributed by atoms with E-state index in [0.29, 0.717) is 30.8 Å². The van der Waals surface area contributed by atoms with Crippen molar-refractivity contribution in [1.82, 2.24) is 4.90 Å². The second-order valence-corrected chi connectivity index (χ2v) is 7.34. The standard InChI is InChI=1S/C17H22N2O5S/c1-17(15(21)22)7-8-19(11-17)16(23)18-12-4-3-5-13(10-12)25-9-6-14(20)24-2/h3-5,10H,6-9,11H2,1-2H3,(H,18,23)(H,21,22). The van der Waals surface area contributed by atoms with Crippen LogP contribution in [0.2, 0.25) is 0 Å². The minimum absolute atomic E-state index is 0.196. The molecule has 0 saturated carbocycles. The van der Waals surface area contributed by atoms with Gasteiger partial charge in [0, 0.05) is 29.4 Å². The second-order valence-electron chi connectivity index (χ2n) is 6.17. The molecule has 1 unspecified atom stereocenters. The zero-order valence-electron chi connectivity index (χ0n) is 14.3. The summed E-state index contributed by atoms with van der Waals surface area (Å²) in [6, 6.07) is 7.01. The Morgan fingerprint density at radius 1 is 1.40 bits per heavy atom. The van der Waals surface area contributed by atoms with Gasteiger partial charge in [-0.1, -0.05) is 6.07 Å². The van der Waals surface area contributed by atoms with Crippen LogP contribution >= 0.6 is 11.8 Å². The minimum Gasteiger partial charge on any atom is -0.481 e. The summed E-state index contributed by atoms with van der Waals surface area (Å²) >= 11 is 1.50. The van der Waals surface area contributed by atoms with Gasteiger partial charge in [-0.3, -0.25) is 9.59 Å². The first kappa shape index (κ1) is 19.1. The number of carbonyl (C=O) groups excluding carboxylic acids is 2. The average Bonchev–Trinajstić information content (AvgIpc) is 2.99. The van der Waals surface area contributed by atoms with Gasteiger partial charge in [0.15, 0.2) is 0 Å². The maximum absolute atomic E-state index is 12.3. The quantitative estimate of drug-likeness (QED) is 0.594. The van der Waals surface area contributed by atoms with Crippen LogP contribution in [-0.4, -0.2) is 53.9 Å². The molecule has 1 saturated heterocycles. The molecule has 7 nitrogen and oxygen atoms in total. The number of methoxy groups -OCH3 is 1. The predicted molar refractivity (Wildman–Crippen MR) is 94.8 cm³/mol. The number of carbonyl (C=O) groups is 3. The maximum Gasteiger partial charge on any atom is 0.321 e. The molecule has 2 amide bonds. The van der Waals surface area contributed by atoms with Gasteiger partial charge in [0.2, 0.25) is 0 Å². The summed E-state index contributed by atoms with van der Waals surface area (Å²) in [5, 5.41) is 12.0. The number of carboxylic acids is 1. The number of hydrogen-bond donors (Lipinski definition) is 2. The summed E-state index contributed by atoms with van der Waals surface area (Å²) in [7, 11) is 1.36. The third kappa shape index (κ3) is 5.12. The van der Waals surface area contributed by atoms with E-state index in [1.165, 1.54) is 23.8 Å². The van der Waals surface area contributed by atoms with Crippen LogP contribution in [0.15, 0.2) is 29.2 Å². The molecule has 8 heteroatoms. The van der Waals surface area contributed by atoms with Crippen LogP contribution < -0.4 is 5.32 Å². The van der Waals surface area contributed by atoms with Crippen molar-refractivity contribution in [3.63, 3.8) is 0 Å². The molecule has 136 valence electrons. The van der Waals surface area contributed by atoms with E-state index >= 15 is 0 Å². The second kappa shape index (κ2) is 8.24. The third-order valence-corrected chi connectivity index (χ3v) is 5.16. The van der Waals surface area contributed by atoms with Gasteiger partial charge in [-0.25, -0.2) is 4.79 Å². The number of thioether (sulfide) groups is 1. The van der Waals surface area contributed by atoms with Crippen molar-refractivity contribution >= 4 is 35.4 Å². The maximum atomic E-state index is 12.3. The van der Waals surface area contributed by atoms with Crippen LogP contribution in [0.25, 0.3) is 0 Å². The SMILES string of the molecule is COC(=O)CCSc1cccc(NC(=O)N2CCC(C)(C(=O)O)C2)c1. The summed E-state index contributed by atoms with van der Waals surface area (Å²) in [4.78, 5) is 37.2. The fourth-order valence-electron chi connectivity index (χ4n) is 2.53. The number of nitrogens with one attached hydrogen (secondary N) is 1. The van der Waals surface area contributed by atoms with E-state index in [4.69, 9.17) is 0 Å². The van der Waals surface area contributed by atoms with Crippen molar-refractivity contribution in [3.8, 4) is 0 Å². The van der Waals surface area contributed by atoms with Gasteiger partial charge >= 0.3 is 18.0 Å². The molecule has 25 heavy (non-hydrogen) atoms. The summed E-state index contributed by atoms with van der Waals surface area (Å²) < 4.78 is 4.60. The number of likely N-dealkylation sites (tertiary alicyclic amines) is 1. The van der Waals surface area contributed by atoms with Crippen LogP contribution in [0.4, 0.5) is 10.5 Å². The molecule has 0 aliphatic carbocycles. The lowest BCUT2D eigenvalue weighted by Gasteiger charge is -2.20. The molecule has 0 aromatic heterocycles. The first-order chi connectivity index (χ1) is 11.8. The van der Waals surface area contributed by atoms with Gasteiger partial charge in [0.05, 0.1) is 18.9 Å². The molecule has 1 aliphatic heterocycles. The van der Waals surface area contributed by atoms with Gasteiger partial charge in [-0.2, -0.15) is 0 Å². The number of urea groups is 1. The molecule has 0 spiro atoms. The van der Waals surface area contributed by atoms with E-state index in [0.717, 1.165) is 4.90 Å². The lowest BCUT2D eigenvalue weighted by atomic mass is 9.90. The van der Waals surface area contributed by atoms with Crippen LogP contribution in [-0.2, 0) is 14.3 Å². The lowest BCUT2D eigenvalue weighted by Crippen LogP contribution is -2.37. The summed E-state index contributed by atoms with van der Waals surface area (Å²) in [5.74, 6) is -0.549. The van der Waals surface area contributed by atoms with Crippen molar-refractivity contribution in [3.05, 3.63) is 24.3 Å². The summed E-state index contributed by atoms with van der Waals surface area (Å²) in [6.45, 7) is 2.27. The molecule has 1 heterocycles. The molecule has 2 N–H and O–H groups in total. The Morgan fingerprint density at radius 2 is 2.16 bits per heavy atom. The molecular formula is C17H22N2O5S. The molecule has 1 fully saturated rings. The first-order valence-electron chi connectivity index (χ1n) is 7.93. The molecule has 1 aliphatic rings. The van der Waals surface area contributed by atoms with Crippen LogP contribution in [0.1, 0.15) is 19.8 Å². The Kier molecular flexibility index (Phi) is 6.30. The topological polar surface area (TPSA) is 95.9 Å². The van der Waals surface area contributed by atoms with Gasteiger partial charge in [-0.05, 0) is 31.5 Å². The first-order valence-corrected chi connectivity index (χ1v) is 8.91. The number of carboxylic acid groups (broad SMARTS) is 1. The number of ether oxygens (including phenoxy) is 1. The van der Waals surface area contributed by atoms with Gasteiger partial charge in [0.25, 0.3) is 0 Å². The summed E-state index contributed by atoms with van der Waals surface area (Å²) in [5.41, 5.74) is -0.250. The van der Waals surface area contributed by atoms with E-state index < -0.39 is 11.4 Å². The number of aliphatic carboxylic acids is 1. The Bertz CT molecular complexity index is 666. The Labute approximate surface area is 150 Å². The molecule has 1 aromatic rings. The van der Waals surface area contributed by atoms with Crippen LogP contribution in [0.5, 0.6) is 0 Å². The monoisotopic (exact) mass is 366 g/mol. The van der Waals surface area contributed by atoms with Crippen LogP contribution in [0, 0.1) is 5.41 Å². The van der Waals surface area contributed by atoms with Crippen LogP contribution in [0.3, 0.4) is 0 Å². The fourth-order valence-corrected chi connectivity index (χ4v) is 3.42. The normalized spacial score (nSPS) is 19.5. The molecular weight excluding hydrogens is 344 g/mol. The largest absolute Gasteiger partial charge is 0.481 e. The Balaban J connectivity index is 1.90. The van der Waals surface area contributed by atoms with E-state index in [-0.39, 0.29) is 18.5 Å². The lowest BCUT2D eigenvalue weighted by molar-refractivity contribution is -0.147. The number of amides is 2. The smallest absolute Gasteiger partial charge is 0.321 e. The van der Waals surface area contributed by atoms with Crippen molar-refractivity contribution in [2.24, 2.45) is 5.41 Å². The van der Waals surface area contributed by atoms with Gasteiger partial charge in [0.1, 0.15) is 0 Å². The molecule has 0 radical (unpaired) electrons. The van der Waals surface area contributed by atoms with Crippen molar-refractivity contribution in [2.45, 2.75) is 24.7 Å². The average molecular weight is 366 g/mol. The van der Waals surface area contributed by atoms with E-state index in [2.05, 4.69) is 10.1 Å². The molecule has 1 atom stereocenters. The zero-order valence-corrected chi connectivity index (χ0v) is 15.1. The highest BCUT2D eigenvalue weighted by molar-refractivity contribution is 7.99. The predicted octanol–water partition coefficient (Wildman–Crippen LogP) is 2.67. The number of esters is 1.